The molecule has 0 spiro atoms. The zero-order chi connectivity index (χ0) is 25.3. The van der Waals surface area contributed by atoms with E-state index in [4.69, 9.17) is 4.74 Å². The van der Waals surface area contributed by atoms with Gasteiger partial charge in [0.05, 0.1) is 6.61 Å². The minimum Gasteiger partial charge on any atom is -0.494 e. The van der Waals surface area contributed by atoms with Gasteiger partial charge in [0, 0.05) is 11.1 Å². The van der Waals surface area contributed by atoms with Crippen LogP contribution in [-0.4, -0.2) is 6.61 Å². The summed E-state index contributed by atoms with van der Waals surface area (Å²) in [4.78, 5) is 0. The topological polar surface area (TPSA) is 9.23 Å². The smallest absolute Gasteiger partial charge is 0.119 e. The molecule has 5 rings (SSSR count). The van der Waals surface area contributed by atoms with Crippen LogP contribution in [0.3, 0.4) is 0 Å². The molecule has 0 atom stereocenters. The number of hydrogen-bond acceptors (Lipinski definition) is 1. The van der Waals surface area contributed by atoms with E-state index < -0.39 is 0 Å². The minimum absolute atomic E-state index is 0.766. The Labute approximate surface area is 220 Å². The molecule has 1 heteroatoms. The third-order valence-corrected chi connectivity index (χ3v) is 6.57. The van der Waals surface area contributed by atoms with Crippen molar-refractivity contribution in [3.05, 3.63) is 114 Å². The van der Waals surface area contributed by atoms with Gasteiger partial charge >= 0.3 is 0 Å². The molecular formula is C36H30O. The Hall–Kier alpha value is -4.46. The van der Waals surface area contributed by atoms with Crippen molar-refractivity contribution < 1.29 is 4.74 Å². The molecule has 0 aliphatic carbocycles. The van der Waals surface area contributed by atoms with Crippen molar-refractivity contribution >= 4 is 21.5 Å². The molecule has 0 aromatic heterocycles. The molecule has 0 aliphatic rings. The molecule has 0 heterocycles. The molecule has 0 aliphatic heterocycles. The molecule has 5 aromatic carbocycles. The lowest BCUT2D eigenvalue weighted by molar-refractivity contribution is 0.305. The number of rotatable bonds is 7. The molecule has 0 N–H and O–H groups in total. The van der Waals surface area contributed by atoms with Crippen LogP contribution < -0.4 is 4.74 Å². The van der Waals surface area contributed by atoms with Crippen molar-refractivity contribution in [3.63, 3.8) is 0 Å². The summed E-state index contributed by atoms with van der Waals surface area (Å²) < 4.78 is 5.83. The van der Waals surface area contributed by atoms with Gasteiger partial charge in [-0.25, -0.2) is 0 Å². The van der Waals surface area contributed by atoms with Crippen molar-refractivity contribution in [2.75, 3.05) is 6.61 Å². The third kappa shape index (κ3) is 5.86. The molecule has 0 saturated carbocycles. The maximum atomic E-state index is 5.83. The van der Waals surface area contributed by atoms with E-state index in [9.17, 15) is 0 Å². The van der Waals surface area contributed by atoms with Crippen LogP contribution in [0.5, 0.6) is 5.75 Å². The Morgan fingerprint density at radius 3 is 2.14 bits per heavy atom. The van der Waals surface area contributed by atoms with Crippen LogP contribution in [0, 0.1) is 23.7 Å². The zero-order valence-electron chi connectivity index (χ0n) is 21.3. The molecule has 0 radical (unpaired) electrons. The maximum Gasteiger partial charge on any atom is 0.119 e. The fourth-order valence-corrected chi connectivity index (χ4v) is 4.66. The molecule has 1 nitrogen and oxygen atoms in total. The van der Waals surface area contributed by atoms with E-state index in [0.29, 0.717) is 0 Å². The Morgan fingerprint density at radius 2 is 1.30 bits per heavy atom. The predicted molar refractivity (Wildman–Crippen MR) is 157 cm³/mol. The second-order valence-electron chi connectivity index (χ2n) is 9.17. The third-order valence-electron chi connectivity index (χ3n) is 6.57. The summed E-state index contributed by atoms with van der Waals surface area (Å²) in [5.41, 5.74) is 4.22. The Bertz CT molecular complexity index is 1640. The Morgan fingerprint density at radius 1 is 0.595 bits per heavy atom. The SMILES string of the molecule is CCCCCCOc1ccc(C#CC#Cc2ccccc2-c2cc3ccccc3c3ccccc23)cc1. The van der Waals surface area contributed by atoms with Crippen LogP contribution in [0.15, 0.2) is 103 Å². The van der Waals surface area contributed by atoms with Crippen molar-refractivity contribution in [2.24, 2.45) is 0 Å². The van der Waals surface area contributed by atoms with E-state index in [1.807, 2.05) is 30.3 Å². The first-order valence-corrected chi connectivity index (χ1v) is 13.1. The predicted octanol–water partition coefficient (Wildman–Crippen LogP) is 9.02. The highest BCUT2D eigenvalue weighted by Crippen LogP contribution is 2.36. The van der Waals surface area contributed by atoms with Crippen molar-refractivity contribution in [2.45, 2.75) is 32.6 Å². The second kappa shape index (κ2) is 12.0. The first-order chi connectivity index (χ1) is 18.3. The van der Waals surface area contributed by atoms with Crippen LogP contribution in [0.4, 0.5) is 0 Å². The number of unbranched alkanes of at least 4 members (excludes halogenated alkanes) is 3. The summed E-state index contributed by atoms with van der Waals surface area (Å²) in [7, 11) is 0. The van der Waals surface area contributed by atoms with Crippen LogP contribution in [0.25, 0.3) is 32.7 Å². The lowest BCUT2D eigenvalue weighted by atomic mass is 9.91. The fourth-order valence-electron chi connectivity index (χ4n) is 4.66. The van der Waals surface area contributed by atoms with Gasteiger partial charge in [-0.15, -0.1) is 0 Å². The monoisotopic (exact) mass is 478 g/mol. The highest BCUT2D eigenvalue weighted by atomic mass is 16.5. The van der Waals surface area contributed by atoms with Gasteiger partial charge in [-0.1, -0.05) is 105 Å². The summed E-state index contributed by atoms with van der Waals surface area (Å²) in [6.45, 7) is 2.98. The number of fused-ring (bicyclic) bond motifs is 3. The molecule has 0 saturated heterocycles. The van der Waals surface area contributed by atoms with Crippen LogP contribution in [-0.2, 0) is 0 Å². The normalized spacial score (nSPS) is 10.4. The highest BCUT2D eigenvalue weighted by molar-refractivity contribution is 6.14. The van der Waals surface area contributed by atoms with Gasteiger partial charge in [-0.3, -0.25) is 0 Å². The number of benzene rings is 5. The molecule has 0 unspecified atom stereocenters. The molecular weight excluding hydrogens is 448 g/mol. The first kappa shape index (κ1) is 24.2. The summed E-state index contributed by atoms with van der Waals surface area (Å²) in [6, 6.07) is 35.7. The van der Waals surface area contributed by atoms with Gasteiger partial charge in [-0.2, -0.15) is 0 Å². The minimum atomic E-state index is 0.766. The van der Waals surface area contributed by atoms with E-state index in [1.54, 1.807) is 0 Å². The van der Waals surface area contributed by atoms with Gasteiger partial charge in [0.15, 0.2) is 0 Å². The fraction of sp³-hybridized carbons (Fsp3) is 0.167. The zero-order valence-corrected chi connectivity index (χ0v) is 21.3. The van der Waals surface area contributed by atoms with Gasteiger partial charge in [-0.05, 0) is 87.3 Å². The van der Waals surface area contributed by atoms with E-state index in [1.165, 1.54) is 46.4 Å². The van der Waals surface area contributed by atoms with Crippen molar-refractivity contribution in [1.82, 2.24) is 0 Å². The van der Waals surface area contributed by atoms with Crippen molar-refractivity contribution in [1.29, 1.82) is 0 Å². The molecule has 37 heavy (non-hydrogen) atoms. The molecule has 180 valence electrons. The highest BCUT2D eigenvalue weighted by Gasteiger charge is 2.10. The van der Waals surface area contributed by atoms with Gasteiger partial charge in [0.25, 0.3) is 0 Å². The Balaban J connectivity index is 1.38. The van der Waals surface area contributed by atoms with E-state index >= 15 is 0 Å². The quantitative estimate of drug-likeness (QED) is 0.129. The largest absolute Gasteiger partial charge is 0.494 e. The average molecular weight is 479 g/mol. The lowest BCUT2D eigenvalue weighted by Gasteiger charge is -2.12. The summed E-state index contributed by atoms with van der Waals surface area (Å²) in [5.74, 6) is 13.5. The molecule has 0 fully saturated rings. The van der Waals surface area contributed by atoms with Crippen LogP contribution in [0.2, 0.25) is 0 Å². The molecule has 0 bridgehead atoms. The standard InChI is InChI=1S/C36H30O/c1-2-3-4-13-26-37-31-24-22-28(23-25-31)14-5-6-15-29-16-7-9-18-32(29)36-27-30-17-8-10-19-33(30)34-20-11-12-21-35(34)36/h7-12,16-25,27H,2-4,13,26H2,1H3. The Kier molecular flexibility index (Phi) is 7.85. The maximum absolute atomic E-state index is 5.83. The van der Waals surface area contributed by atoms with Crippen LogP contribution in [0.1, 0.15) is 43.7 Å². The van der Waals surface area contributed by atoms with E-state index in [-0.39, 0.29) is 0 Å². The summed E-state index contributed by atoms with van der Waals surface area (Å²) in [5, 5.41) is 4.98. The lowest BCUT2D eigenvalue weighted by Crippen LogP contribution is -1.96. The molecule has 5 aromatic rings. The number of ether oxygens (including phenoxy) is 1. The molecule has 0 amide bonds. The number of hydrogen-bond donors (Lipinski definition) is 0. The summed E-state index contributed by atoms with van der Waals surface area (Å²) in [6.07, 6.45) is 4.82. The van der Waals surface area contributed by atoms with Crippen molar-refractivity contribution in [3.8, 4) is 40.6 Å². The average Bonchev–Trinajstić information content (AvgIpc) is 2.96. The second-order valence-corrected chi connectivity index (χ2v) is 9.17. The van der Waals surface area contributed by atoms with Crippen LogP contribution >= 0.6 is 0 Å². The van der Waals surface area contributed by atoms with E-state index in [0.717, 1.165) is 35.5 Å². The van der Waals surface area contributed by atoms with Gasteiger partial charge < -0.3 is 4.74 Å². The van der Waals surface area contributed by atoms with E-state index in [2.05, 4.69) is 103 Å². The van der Waals surface area contributed by atoms with Gasteiger partial charge in [0.1, 0.15) is 5.75 Å². The summed E-state index contributed by atoms with van der Waals surface area (Å²) >= 11 is 0. The first-order valence-electron chi connectivity index (χ1n) is 13.1. The van der Waals surface area contributed by atoms with Gasteiger partial charge in [0.2, 0.25) is 0 Å².